The minimum absolute atomic E-state index is 0.241. The first-order chi connectivity index (χ1) is 16.0. The summed E-state index contributed by atoms with van der Waals surface area (Å²) in [5.74, 6) is 2.36. The van der Waals surface area contributed by atoms with E-state index in [1.165, 1.54) is 0 Å². The molecule has 0 atom stereocenters. The van der Waals surface area contributed by atoms with Crippen LogP contribution >= 0.6 is 0 Å². The van der Waals surface area contributed by atoms with Gasteiger partial charge in [0.15, 0.2) is 0 Å². The molecule has 1 heterocycles. The Morgan fingerprint density at radius 2 is 1.73 bits per heavy atom. The lowest BCUT2D eigenvalue weighted by molar-refractivity contribution is -0.0505. The number of hydrogen-bond donors (Lipinski definition) is 2. The van der Waals surface area contributed by atoms with E-state index < -0.39 is 6.61 Å². The smallest absolute Gasteiger partial charge is 0.387 e. The number of nitrogens with one attached hydrogen (secondary N) is 2. The quantitative estimate of drug-likeness (QED) is 0.470. The Balaban J connectivity index is 1.27. The van der Waals surface area contributed by atoms with Crippen LogP contribution in [0.2, 0.25) is 0 Å². The summed E-state index contributed by atoms with van der Waals surface area (Å²) in [6, 6.07) is 15.4. The van der Waals surface area contributed by atoms with Gasteiger partial charge in [-0.25, -0.2) is 4.98 Å². The summed E-state index contributed by atoms with van der Waals surface area (Å²) >= 11 is 0. The lowest BCUT2D eigenvalue weighted by atomic mass is 9.86. The van der Waals surface area contributed by atoms with Crippen LogP contribution in [0.3, 0.4) is 0 Å². The van der Waals surface area contributed by atoms with Crippen molar-refractivity contribution in [3.63, 3.8) is 0 Å². The van der Waals surface area contributed by atoms with E-state index in [9.17, 15) is 8.78 Å². The van der Waals surface area contributed by atoms with Crippen molar-refractivity contribution in [1.29, 1.82) is 0 Å². The number of ether oxygens (including phenoxy) is 1. The largest absolute Gasteiger partial charge is 0.434 e. The highest BCUT2D eigenvalue weighted by Crippen LogP contribution is 2.27. The first-order valence-electron chi connectivity index (χ1n) is 11.4. The highest BCUT2D eigenvalue weighted by atomic mass is 19.3. The highest BCUT2D eigenvalue weighted by molar-refractivity contribution is 5.90. The number of aromatic nitrogens is 2. The molecule has 6 nitrogen and oxygen atoms in total. The van der Waals surface area contributed by atoms with Crippen LogP contribution in [0.4, 0.5) is 20.5 Å². The fourth-order valence-corrected chi connectivity index (χ4v) is 4.40. The topological polar surface area (TPSA) is 62.3 Å². The van der Waals surface area contributed by atoms with Gasteiger partial charge in [0, 0.05) is 44.2 Å². The number of alkyl halides is 2. The van der Waals surface area contributed by atoms with E-state index in [1.807, 2.05) is 55.4 Å². The average Bonchev–Trinajstić information content (AvgIpc) is 2.82. The van der Waals surface area contributed by atoms with Crippen LogP contribution < -0.4 is 20.3 Å². The molecule has 0 saturated heterocycles. The first kappa shape index (κ1) is 23.2. The summed E-state index contributed by atoms with van der Waals surface area (Å²) in [5, 5.41) is 8.00. The third-order valence-corrected chi connectivity index (χ3v) is 6.17. The van der Waals surface area contributed by atoms with Crippen LogP contribution in [0.15, 0.2) is 48.5 Å². The Bertz CT molecular complexity index is 1050. The van der Waals surface area contributed by atoms with E-state index >= 15 is 0 Å². The minimum Gasteiger partial charge on any atom is -0.434 e. The normalized spacial score (nSPS) is 18.5. The predicted molar refractivity (Wildman–Crippen MR) is 128 cm³/mol. The number of anilines is 2. The lowest BCUT2D eigenvalue weighted by Crippen LogP contribution is -2.34. The fraction of sp³-hybridized carbons (Fsp3) is 0.440. The number of fused-ring (bicyclic) bond motifs is 1. The molecule has 0 unspecified atom stereocenters. The molecule has 0 spiro atoms. The van der Waals surface area contributed by atoms with Gasteiger partial charge < -0.3 is 20.3 Å². The molecule has 0 aliphatic heterocycles. The van der Waals surface area contributed by atoms with Crippen molar-refractivity contribution in [2.45, 2.75) is 44.9 Å². The molecule has 1 saturated carbocycles. The van der Waals surface area contributed by atoms with Gasteiger partial charge in [-0.05, 0) is 49.8 Å². The van der Waals surface area contributed by atoms with Gasteiger partial charge in [-0.2, -0.15) is 13.8 Å². The molecule has 3 aromatic rings. The van der Waals surface area contributed by atoms with Gasteiger partial charge in [0.25, 0.3) is 0 Å². The van der Waals surface area contributed by atoms with Crippen molar-refractivity contribution >= 4 is 22.7 Å². The van der Waals surface area contributed by atoms with Gasteiger partial charge in [-0.15, -0.1) is 0 Å². The van der Waals surface area contributed by atoms with Gasteiger partial charge in [-0.1, -0.05) is 30.3 Å². The second-order valence-corrected chi connectivity index (χ2v) is 8.75. The van der Waals surface area contributed by atoms with Gasteiger partial charge in [0.2, 0.25) is 5.95 Å². The van der Waals surface area contributed by atoms with Gasteiger partial charge in [0.05, 0.1) is 5.52 Å². The molecule has 0 amide bonds. The van der Waals surface area contributed by atoms with Crippen molar-refractivity contribution in [2.75, 3.05) is 30.9 Å². The van der Waals surface area contributed by atoms with Crippen molar-refractivity contribution in [1.82, 2.24) is 15.3 Å². The Labute approximate surface area is 193 Å². The number of halogens is 2. The molecule has 1 fully saturated rings. The van der Waals surface area contributed by atoms with Crippen LogP contribution in [0, 0.1) is 5.92 Å². The van der Waals surface area contributed by atoms with Crippen LogP contribution in [0.25, 0.3) is 10.9 Å². The second-order valence-electron chi connectivity index (χ2n) is 8.75. The van der Waals surface area contributed by atoms with Gasteiger partial charge in [-0.3, -0.25) is 0 Å². The summed E-state index contributed by atoms with van der Waals surface area (Å²) in [6.45, 7) is -1.45. The van der Waals surface area contributed by atoms with Crippen LogP contribution in [-0.4, -0.2) is 43.3 Å². The van der Waals surface area contributed by atoms with Gasteiger partial charge >= 0.3 is 6.61 Å². The highest BCUT2D eigenvalue weighted by Gasteiger charge is 2.22. The molecule has 8 heteroatoms. The van der Waals surface area contributed by atoms with E-state index in [-0.39, 0.29) is 5.75 Å². The Morgan fingerprint density at radius 1 is 1.00 bits per heavy atom. The molecule has 1 aliphatic carbocycles. The third-order valence-electron chi connectivity index (χ3n) is 6.17. The SMILES string of the molecule is CN(C)c1nc(NCC2CCC(NCc3ccccc3OC(F)F)CC2)nc2ccccc12. The monoisotopic (exact) mass is 455 g/mol. The zero-order valence-corrected chi connectivity index (χ0v) is 19.1. The second kappa shape index (κ2) is 10.7. The standard InChI is InChI=1S/C25H31F2N5O/c1-32(2)23-20-8-4-5-9-21(20)30-25(31-23)29-15-17-11-13-19(14-12-17)28-16-18-7-3-6-10-22(18)33-24(26)27/h3-10,17,19,24,28H,11-16H2,1-2H3,(H,29,30,31). The Kier molecular flexibility index (Phi) is 7.54. The Hall–Kier alpha value is -3.00. The van der Waals surface area contributed by atoms with Crippen LogP contribution in [0.5, 0.6) is 5.75 Å². The summed E-state index contributed by atoms with van der Waals surface area (Å²) in [4.78, 5) is 11.4. The first-order valence-corrected chi connectivity index (χ1v) is 11.4. The van der Waals surface area contributed by atoms with Gasteiger partial charge in [0.1, 0.15) is 11.6 Å². The van der Waals surface area contributed by atoms with Crippen molar-refractivity contribution < 1.29 is 13.5 Å². The zero-order chi connectivity index (χ0) is 23.2. The molecule has 1 aromatic heterocycles. The van der Waals surface area contributed by atoms with E-state index in [0.717, 1.165) is 54.5 Å². The summed E-state index contributed by atoms with van der Waals surface area (Å²) in [7, 11) is 3.98. The van der Waals surface area contributed by atoms with Crippen LogP contribution in [0.1, 0.15) is 31.2 Å². The maximum atomic E-state index is 12.6. The maximum Gasteiger partial charge on any atom is 0.387 e. The molecule has 1 aliphatic rings. The molecule has 33 heavy (non-hydrogen) atoms. The molecular weight excluding hydrogens is 424 g/mol. The van der Waals surface area contributed by atoms with Crippen LogP contribution in [-0.2, 0) is 6.54 Å². The van der Waals surface area contributed by atoms with E-state index in [1.54, 1.807) is 12.1 Å². The minimum atomic E-state index is -2.81. The summed E-state index contributed by atoms with van der Waals surface area (Å²) in [5.41, 5.74) is 1.69. The fourth-order valence-electron chi connectivity index (χ4n) is 4.40. The molecule has 2 aromatic carbocycles. The third kappa shape index (κ3) is 6.07. The number of benzene rings is 2. The molecular formula is C25H31F2N5O. The van der Waals surface area contributed by atoms with Crippen molar-refractivity contribution in [3.8, 4) is 5.75 Å². The number of rotatable bonds is 9. The molecule has 4 rings (SSSR count). The average molecular weight is 456 g/mol. The lowest BCUT2D eigenvalue weighted by Gasteiger charge is -2.29. The predicted octanol–water partition coefficient (Wildman–Crippen LogP) is 5.06. The summed E-state index contributed by atoms with van der Waals surface area (Å²) in [6.07, 6.45) is 4.28. The van der Waals surface area contributed by atoms with E-state index in [0.29, 0.717) is 24.5 Å². The van der Waals surface area contributed by atoms with E-state index in [4.69, 9.17) is 4.98 Å². The zero-order valence-electron chi connectivity index (χ0n) is 19.1. The summed E-state index contributed by atoms with van der Waals surface area (Å²) < 4.78 is 29.9. The molecule has 0 radical (unpaired) electrons. The number of hydrogen-bond acceptors (Lipinski definition) is 6. The van der Waals surface area contributed by atoms with Crippen molar-refractivity contribution in [2.24, 2.45) is 5.92 Å². The Morgan fingerprint density at radius 3 is 2.48 bits per heavy atom. The van der Waals surface area contributed by atoms with Crippen molar-refractivity contribution in [3.05, 3.63) is 54.1 Å². The molecule has 0 bridgehead atoms. The molecule has 2 N–H and O–H groups in total. The number of para-hydroxylation sites is 2. The maximum absolute atomic E-state index is 12.6. The number of nitrogens with zero attached hydrogens (tertiary/aromatic N) is 3. The van der Waals surface area contributed by atoms with E-state index in [2.05, 4.69) is 20.4 Å². The molecule has 176 valence electrons.